The van der Waals surface area contributed by atoms with Crippen LogP contribution in [0, 0.1) is 20.2 Å². The minimum atomic E-state index is -5.17. The summed E-state index contributed by atoms with van der Waals surface area (Å²) in [4.78, 5) is 45.1. The molecule has 0 spiro atoms. The summed E-state index contributed by atoms with van der Waals surface area (Å²) in [5.41, 5.74) is -6.49. The normalized spacial score (nSPS) is 11.5. The molecule has 0 atom stereocenters. The molecule has 16 heteroatoms. The van der Waals surface area contributed by atoms with E-state index in [0.717, 1.165) is 72.8 Å². The van der Waals surface area contributed by atoms with Gasteiger partial charge in [0.2, 0.25) is 0 Å². The van der Waals surface area contributed by atoms with Crippen molar-refractivity contribution in [3.8, 4) is 11.1 Å². The Morgan fingerprint density at radius 2 is 0.864 bits per heavy atom. The molecule has 10 nitrogen and oxygen atoms in total. The van der Waals surface area contributed by atoms with Crippen molar-refractivity contribution in [3.05, 3.63) is 127 Å². The Labute approximate surface area is 242 Å². The number of halogens is 6. The minimum Gasteiger partial charge on any atom is -0.322 e. The molecule has 0 saturated carbocycles. The molecule has 0 aliphatic heterocycles. The molecule has 2 amide bonds. The average Bonchev–Trinajstić information content (AvgIpc) is 2.96. The molecular formula is C28H16F6N4O6. The zero-order chi connectivity index (χ0) is 32.4. The van der Waals surface area contributed by atoms with Crippen molar-refractivity contribution in [2.75, 3.05) is 10.6 Å². The molecule has 0 bridgehead atoms. The molecule has 0 heterocycles. The summed E-state index contributed by atoms with van der Waals surface area (Å²) < 4.78 is 84.5. The molecule has 44 heavy (non-hydrogen) atoms. The number of nitrogens with zero attached hydrogens (tertiary/aromatic N) is 2. The van der Waals surface area contributed by atoms with Crippen molar-refractivity contribution in [1.29, 1.82) is 0 Å². The number of hydrogen-bond donors (Lipinski definition) is 2. The van der Waals surface area contributed by atoms with E-state index in [1.807, 2.05) is 0 Å². The number of anilines is 2. The molecule has 0 aliphatic carbocycles. The van der Waals surface area contributed by atoms with E-state index in [0.29, 0.717) is 12.1 Å². The first-order valence-corrected chi connectivity index (χ1v) is 12.1. The van der Waals surface area contributed by atoms with Gasteiger partial charge >= 0.3 is 12.4 Å². The van der Waals surface area contributed by atoms with Crippen LogP contribution in [-0.4, -0.2) is 21.7 Å². The predicted octanol–water partition coefficient (Wildman–Crippen LogP) is 7.71. The molecule has 0 aliphatic rings. The van der Waals surface area contributed by atoms with Crippen LogP contribution in [0.3, 0.4) is 0 Å². The monoisotopic (exact) mass is 618 g/mol. The lowest BCUT2D eigenvalue weighted by Crippen LogP contribution is -2.16. The van der Waals surface area contributed by atoms with Gasteiger partial charge in [-0.2, -0.15) is 26.3 Å². The van der Waals surface area contributed by atoms with Crippen LogP contribution in [0.1, 0.15) is 31.8 Å². The highest BCUT2D eigenvalue weighted by molar-refractivity contribution is 6.05. The third kappa shape index (κ3) is 6.97. The lowest BCUT2D eigenvalue weighted by atomic mass is 9.93. The van der Waals surface area contributed by atoms with E-state index in [9.17, 15) is 56.2 Å². The van der Waals surface area contributed by atoms with E-state index < -0.39 is 67.6 Å². The molecule has 0 fully saturated rings. The van der Waals surface area contributed by atoms with Gasteiger partial charge in [-0.1, -0.05) is 12.1 Å². The molecule has 4 aromatic rings. The van der Waals surface area contributed by atoms with Gasteiger partial charge in [0.15, 0.2) is 0 Å². The van der Waals surface area contributed by atoms with Crippen LogP contribution in [0.2, 0.25) is 0 Å². The smallest absolute Gasteiger partial charge is 0.322 e. The van der Waals surface area contributed by atoms with Crippen molar-refractivity contribution >= 4 is 34.6 Å². The Bertz CT molecular complexity index is 1640. The third-order valence-electron chi connectivity index (χ3n) is 6.14. The van der Waals surface area contributed by atoms with Gasteiger partial charge < -0.3 is 10.6 Å². The number of carbonyl (C=O) groups is 2. The predicted molar refractivity (Wildman–Crippen MR) is 144 cm³/mol. The number of rotatable bonds is 7. The zero-order valence-corrected chi connectivity index (χ0v) is 21.7. The molecule has 226 valence electrons. The molecule has 0 aromatic heterocycles. The number of carbonyl (C=O) groups excluding carboxylic acids is 2. The first-order valence-electron chi connectivity index (χ1n) is 12.1. The molecular weight excluding hydrogens is 602 g/mol. The van der Waals surface area contributed by atoms with E-state index in [1.165, 1.54) is 0 Å². The average molecular weight is 618 g/mol. The fraction of sp³-hybridized carbons (Fsp3) is 0.0714. The van der Waals surface area contributed by atoms with Gasteiger partial charge in [0, 0.05) is 46.8 Å². The summed E-state index contributed by atoms with van der Waals surface area (Å²) in [6.07, 6.45) is -10.3. The fourth-order valence-electron chi connectivity index (χ4n) is 4.06. The van der Waals surface area contributed by atoms with Crippen LogP contribution in [0.4, 0.5) is 49.1 Å². The largest absolute Gasteiger partial charge is 0.417 e. The van der Waals surface area contributed by atoms with Crippen molar-refractivity contribution in [1.82, 2.24) is 0 Å². The van der Waals surface area contributed by atoms with Gasteiger partial charge in [-0.25, -0.2) is 0 Å². The first kappa shape index (κ1) is 31.1. The lowest BCUT2D eigenvalue weighted by Gasteiger charge is -2.20. The van der Waals surface area contributed by atoms with Crippen LogP contribution >= 0.6 is 0 Å². The fourth-order valence-corrected chi connectivity index (χ4v) is 4.06. The molecule has 4 aromatic carbocycles. The number of nitrogens with one attached hydrogen (secondary N) is 2. The van der Waals surface area contributed by atoms with Crippen LogP contribution in [0.15, 0.2) is 84.9 Å². The summed E-state index contributed by atoms with van der Waals surface area (Å²) in [5.74, 6) is -1.85. The number of amides is 2. The molecule has 0 radical (unpaired) electrons. The van der Waals surface area contributed by atoms with Gasteiger partial charge in [0.1, 0.15) is 0 Å². The van der Waals surface area contributed by atoms with E-state index >= 15 is 0 Å². The highest BCUT2D eigenvalue weighted by atomic mass is 19.4. The van der Waals surface area contributed by atoms with Gasteiger partial charge in [-0.3, -0.25) is 29.8 Å². The molecule has 0 unspecified atom stereocenters. The van der Waals surface area contributed by atoms with Crippen LogP contribution < -0.4 is 10.6 Å². The number of benzene rings is 4. The molecule has 4 rings (SSSR count). The minimum absolute atomic E-state index is 0.126. The molecule has 0 saturated heterocycles. The number of non-ortho nitro benzene ring substituents is 2. The maximum atomic E-state index is 14.1. The summed E-state index contributed by atoms with van der Waals surface area (Å²) in [6, 6.07) is 12.6. The highest BCUT2D eigenvalue weighted by Crippen LogP contribution is 2.44. The second-order valence-electron chi connectivity index (χ2n) is 9.03. The Morgan fingerprint density at radius 3 is 1.14 bits per heavy atom. The number of hydrogen-bond acceptors (Lipinski definition) is 6. The van der Waals surface area contributed by atoms with E-state index in [1.54, 1.807) is 0 Å². The second-order valence-corrected chi connectivity index (χ2v) is 9.03. The quantitative estimate of drug-likeness (QED) is 0.123. The summed E-state index contributed by atoms with van der Waals surface area (Å²) in [7, 11) is 0. The van der Waals surface area contributed by atoms with Crippen molar-refractivity contribution in [3.63, 3.8) is 0 Å². The Hall–Kier alpha value is -5.80. The van der Waals surface area contributed by atoms with Gasteiger partial charge in [0.25, 0.3) is 23.2 Å². The van der Waals surface area contributed by atoms with Crippen molar-refractivity contribution in [2.45, 2.75) is 12.4 Å². The standard InChI is InChI=1S/C28H16F6N4O6/c29-27(30,31)23-13-17(35-25(39)15-1-7-19(8-2-15)37(41)42)5-11-21(23)22-12-6-18(14-24(22)28(32,33)34)36-26(40)16-3-9-20(10-4-16)38(43)44/h1-14H,(H,35,39)(H,36,40). The van der Waals surface area contributed by atoms with E-state index in [-0.39, 0.29) is 22.5 Å². The van der Waals surface area contributed by atoms with Gasteiger partial charge in [-0.15, -0.1) is 0 Å². The second kappa shape index (κ2) is 11.8. The van der Waals surface area contributed by atoms with Crippen LogP contribution in [-0.2, 0) is 12.4 Å². The summed E-state index contributed by atoms with van der Waals surface area (Å²) >= 11 is 0. The SMILES string of the molecule is O=C(Nc1ccc(-c2ccc(NC(=O)c3ccc([N+](=O)[O-])cc3)cc2C(F)(F)F)c(C(F)(F)F)c1)c1ccc([N+](=O)[O-])cc1. The van der Waals surface area contributed by atoms with Gasteiger partial charge in [0.05, 0.1) is 21.0 Å². The first-order chi connectivity index (χ1) is 20.5. The summed E-state index contributed by atoms with van der Waals surface area (Å²) in [5, 5.41) is 25.9. The molecule has 2 N–H and O–H groups in total. The topological polar surface area (TPSA) is 144 Å². The third-order valence-corrected chi connectivity index (χ3v) is 6.14. The number of alkyl halides is 6. The Kier molecular flexibility index (Phi) is 8.37. The zero-order valence-electron chi connectivity index (χ0n) is 21.7. The Morgan fingerprint density at radius 1 is 0.545 bits per heavy atom. The number of nitro groups is 2. The maximum absolute atomic E-state index is 14.1. The highest BCUT2D eigenvalue weighted by Gasteiger charge is 2.39. The van der Waals surface area contributed by atoms with E-state index in [2.05, 4.69) is 10.6 Å². The van der Waals surface area contributed by atoms with Gasteiger partial charge in [-0.05, 0) is 59.7 Å². The van der Waals surface area contributed by atoms with Crippen molar-refractivity contribution < 1.29 is 45.8 Å². The Balaban J connectivity index is 1.67. The lowest BCUT2D eigenvalue weighted by molar-refractivity contribution is -0.385. The maximum Gasteiger partial charge on any atom is 0.417 e. The summed E-state index contributed by atoms with van der Waals surface area (Å²) in [6.45, 7) is 0. The van der Waals surface area contributed by atoms with E-state index in [4.69, 9.17) is 0 Å². The van der Waals surface area contributed by atoms with Crippen molar-refractivity contribution in [2.24, 2.45) is 0 Å². The van der Waals surface area contributed by atoms with Crippen LogP contribution in [0.5, 0.6) is 0 Å². The number of nitro benzene ring substituents is 2. The van der Waals surface area contributed by atoms with Crippen LogP contribution in [0.25, 0.3) is 11.1 Å².